The molecule has 0 unspecified atom stereocenters. The van der Waals surface area contributed by atoms with Gasteiger partial charge in [-0.05, 0) is 80.6 Å². The molecule has 1 atom stereocenters. The van der Waals surface area contributed by atoms with E-state index in [-0.39, 0.29) is 29.9 Å². The van der Waals surface area contributed by atoms with Crippen LogP contribution in [0.2, 0.25) is 5.02 Å². The molecule has 3 aromatic carbocycles. The molecule has 0 heterocycles. The molecule has 0 saturated heterocycles. The van der Waals surface area contributed by atoms with Crippen molar-refractivity contribution in [3.05, 3.63) is 99.1 Å². The zero-order valence-corrected chi connectivity index (χ0v) is 21.8. The van der Waals surface area contributed by atoms with Gasteiger partial charge in [-0.2, -0.15) is 4.31 Å². The molecular formula is C27H31ClN2O3S. The van der Waals surface area contributed by atoms with Crippen molar-refractivity contribution in [2.45, 2.75) is 52.1 Å². The summed E-state index contributed by atoms with van der Waals surface area (Å²) < 4.78 is 28.2. The van der Waals surface area contributed by atoms with Crippen molar-refractivity contribution in [3.63, 3.8) is 0 Å². The number of aryl methyl sites for hydroxylation is 4. The maximum atomic E-state index is 13.5. The first kappa shape index (κ1) is 25.9. The Hall–Kier alpha value is -2.67. The lowest BCUT2D eigenvalue weighted by molar-refractivity contribution is -0.122. The largest absolute Gasteiger partial charge is 0.348 e. The van der Waals surface area contributed by atoms with Crippen LogP contribution in [-0.4, -0.2) is 25.2 Å². The van der Waals surface area contributed by atoms with Crippen LogP contribution in [0.25, 0.3) is 0 Å². The number of halogens is 1. The van der Waals surface area contributed by atoms with Crippen molar-refractivity contribution >= 4 is 27.5 Å². The van der Waals surface area contributed by atoms with E-state index in [0.29, 0.717) is 10.6 Å². The molecule has 0 spiro atoms. The van der Waals surface area contributed by atoms with Gasteiger partial charge in [0.05, 0.1) is 17.5 Å². The summed E-state index contributed by atoms with van der Waals surface area (Å²) in [6.07, 6.45) is 0. The van der Waals surface area contributed by atoms with Gasteiger partial charge in [0, 0.05) is 11.6 Å². The van der Waals surface area contributed by atoms with Gasteiger partial charge in [-0.3, -0.25) is 4.79 Å². The highest BCUT2D eigenvalue weighted by Crippen LogP contribution is 2.24. The zero-order valence-electron chi connectivity index (χ0n) is 20.2. The van der Waals surface area contributed by atoms with Crippen LogP contribution in [-0.2, 0) is 21.4 Å². The maximum absolute atomic E-state index is 13.5. The van der Waals surface area contributed by atoms with Crippen molar-refractivity contribution in [1.29, 1.82) is 0 Å². The highest BCUT2D eigenvalue weighted by atomic mass is 35.5. The van der Waals surface area contributed by atoms with Gasteiger partial charge in [0.2, 0.25) is 15.9 Å². The molecule has 0 bridgehead atoms. The number of nitrogens with zero attached hydrogens (tertiary/aromatic N) is 1. The van der Waals surface area contributed by atoms with Gasteiger partial charge in [0.1, 0.15) is 0 Å². The fourth-order valence-corrected chi connectivity index (χ4v) is 5.45. The number of carbonyl (C=O) groups is 1. The number of hydrogen-bond donors (Lipinski definition) is 1. The summed E-state index contributed by atoms with van der Waals surface area (Å²) in [5.41, 5.74) is 6.00. The van der Waals surface area contributed by atoms with E-state index in [1.807, 2.05) is 27.7 Å². The summed E-state index contributed by atoms with van der Waals surface area (Å²) >= 11 is 6.31. The molecule has 0 fully saturated rings. The third-order valence-electron chi connectivity index (χ3n) is 6.01. The summed E-state index contributed by atoms with van der Waals surface area (Å²) in [7, 11) is -3.93. The maximum Gasteiger partial charge on any atom is 0.243 e. The van der Waals surface area contributed by atoms with E-state index in [2.05, 4.69) is 24.4 Å². The quantitative estimate of drug-likeness (QED) is 0.437. The van der Waals surface area contributed by atoms with Crippen LogP contribution in [0.5, 0.6) is 0 Å². The minimum atomic E-state index is -3.93. The van der Waals surface area contributed by atoms with Crippen LogP contribution in [0, 0.1) is 27.7 Å². The molecule has 0 aliphatic carbocycles. The molecule has 0 aliphatic rings. The second-order valence-electron chi connectivity index (χ2n) is 8.76. The number of benzene rings is 3. The molecule has 0 radical (unpaired) electrons. The summed E-state index contributed by atoms with van der Waals surface area (Å²) in [6.45, 7) is 9.56. The van der Waals surface area contributed by atoms with E-state index in [4.69, 9.17) is 11.6 Å². The van der Waals surface area contributed by atoms with E-state index in [1.165, 1.54) is 9.87 Å². The van der Waals surface area contributed by atoms with Crippen LogP contribution in [0.15, 0.2) is 65.6 Å². The molecule has 7 heteroatoms. The predicted octanol–water partition coefficient (Wildman–Crippen LogP) is 5.64. The molecule has 0 aromatic heterocycles. The van der Waals surface area contributed by atoms with Crippen LogP contribution < -0.4 is 5.32 Å². The van der Waals surface area contributed by atoms with Gasteiger partial charge in [0.15, 0.2) is 0 Å². The van der Waals surface area contributed by atoms with Gasteiger partial charge < -0.3 is 5.32 Å². The lowest BCUT2D eigenvalue weighted by Crippen LogP contribution is -2.41. The van der Waals surface area contributed by atoms with Crippen LogP contribution in [0.3, 0.4) is 0 Å². The van der Waals surface area contributed by atoms with Crippen molar-refractivity contribution in [2.75, 3.05) is 6.54 Å². The Kier molecular flexibility index (Phi) is 8.18. The Balaban J connectivity index is 1.87. The SMILES string of the molecule is Cc1ccc(S(=O)(=O)N(CC(=O)N[C@@H](C)c2cc(C)c(C)cc2C)Cc2ccccc2Cl)cc1. The summed E-state index contributed by atoms with van der Waals surface area (Å²) in [4.78, 5) is 13.2. The third kappa shape index (κ3) is 6.06. The predicted molar refractivity (Wildman–Crippen MR) is 137 cm³/mol. The molecule has 1 N–H and O–H groups in total. The molecule has 180 valence electrons. The van der Waals surface area contributed by atoms with E-state index < -0.39 is 10.0 Å². The average Bonchev–Trinajstić information content (AvgIpc) is 2.77. The monoisotopic (exact) mass is 498 g/mol. The Morgan fingerprint density at radius 1 is 0.941 bits per heavy atom. The second kappa shape index (κ2) is 10.7. The number of amides is 1. The first-order valence-electron chi connectivity index (χ1n) is 11.2. The lowest BCUT2D eigenvalue weighted by atomic mass is 9.96. The summed E-state index contributed by atoms with van der Waals surface area (Å²) in [5, 5.41) is 3.42. The Morgan fingerprint density at radius 3 is 2.21 bits per heavy atom. The number of carbonyl (C=O) groups excluding carboxylic acids is 1. The highest BCUT2D eigenvalue weighted by molar-refractivity contribution is 7.89. The number of rotatable bonds is 8. The van der Waals surface area contributed by atoms with Crippen LogP contribution in [0.4, 0.5) is 0 Å². The molecule has 0 aliphatic heterocycles. The van der Waals surface area contributed by atoms with Crippen LogP contribution >= 0.6 is 11.6 Å². The first-order chi connectivity index (χ1) is 16.0. The summed E-state index contributed by atoms with van der Waals surface area (Å²) in [5.74, 6) is -0.382. The van der Waals surface area contributed by atoms with Gasteiger partial charge in [0.25, 0.3) is 0 Å². The second-order valence-corrected chi connectivity index (χ2v) is 11.1. The third-order valence-corrected chi connectivity index (χ3v) is 8.18. The minimum Gasteiger partial charge on any atom is -0.348 e. The lowest BCUT2D eigenvalue weighted by Gasteiger charge is -2.24. The molecule has 5 nitrogen and oxygen atoms in total. The fraction of sp³-hybridized carbons (Fsp3) is 0.296. The van der Waals surface area contributed by atoms with Crippen molar-refractivity contribution < 1.29 is 13.2 Å². The molecular weight excluding hydrogens is 468 g/mol. The average molecular weight is 499 g/mol. The van der Waals surface area contributed by atoms with Crippen molar-refractivity contribution in [3.8, 4) is 0 Å². The Labute approximate surface area is 207 Å². The van der Waals surface area contributed by atoms with Gasteiger partial charge in [-0.15, -0.1) is 0 Å². The smallest absolute Gasteiger partial charge is 0.243 e. The Bertz CT molecular complexity index is 1290. The first-order valence-corrected chi connectivity index (χ1v) is 13.0. The van der Waals surface area contributed by atoms with Crippen molar-refractivity contribution in [1.82, 2.24) is 9.62 Å². The number of hydrogen-bond acceptors (Lipinski definition) is 3. The fourth-order valence-electron chi connectivity index (χ4n) is 3.88. The summed E-state index contributed by atoms with van der Waals surface area (Å²) in [6, 6.07) is 17.5. The number of nitrogens with one attached hydrogen (secondary N) is 1. The van der Waals surface area contributed by atoms with Gasteiger partial charge in [-0.25, -0.2) is 8.42 Å². The van der Waals surface area contributed by atoms with E-state index in [0.717, 1.165) is 22.3 Å². The topological polar surface area (TPSA) is 66.5 Å². The number of sulfonamides is 1. The van der Waals surface area contributed by atoms with E-state index in [1.54, 1.807) is 48.5 Å². The van der Waals surface area contributed by atoms with E-state index in [9.17, 15) is 13.2 Å². The van der Waals surface area contributed by atoms with E-state index >= 15 is 0 Å². The molecule has 1 amide bonds. The van der Waals surface area contributed by atoms with Crippen LogP contribution in [0.1, 0.15) is 46.3 Å². The molecule has 3 rings (SSSR count). The normalized spacial score (nSPS) is 12.6. The standard InChI is InChI=1S/C27H31ClN2O3S/c1-18-10-12-24(13-11-18)34(32,33)30(16-23-8-6-7-9-26(23)28)17-27(31)29-22(5)25-15-20(3)19(2)14-21(25)4/h6-15,22H,16-17H2,1-5H3,(H,29,31)/t22-/m0/s1. The molecule has 34 heavy (non-hydrogen) atoms. The highest BCUT2D eigenvalue weighted by Gasteiger charge is 2.28. The minimum absolute atomic E-state index is 0.0135. The van der Waals surface area contributed by atoms with Crippen molar-refractivity contribution in [2.24, 2.45) is 0 Å². The van der Waals surface area contributed by atoms with Gasteiger partial charge >= 0.3 is 0 Å². The Morgan fingerprint density at radius 2 is 1.56 bits per heavy atom. The molecule has 0 saturated carbocycles. The zero-order chi connectivity index (χ0) is 25.0. The molecule has 3 aromatic rings. The van der Waals surface area contributed by atoms with Gasteiger partial charge in [-0.1, -0.05) is 59.6 Å².